The fourth-order valence-corrected chi connectivity index (χ4v) is 4.19. The van der Waals surface area contributed by atoms with E-state index in [9.17, 15) is 18.0 Å². The van der Waals surface area contributed by atoms with E-state index >= 15 is 0 Å². The summed E-state index contributed by atoms with van der Waals surface area (Å²) in [6, 6.07) is 11.6. The fraction of sp³-hybridized carbons (Fsp3) is 0.364. The molecule has 0 radical (unpaired) electrons. The third-order valence-electron chi connectivity index (χ3n) is 5.70. The lowest BCUT2D eigenvalue weighted by Crippen LogP contribution is -2.38. The maximum Gasteiger partial charge on any atom is 0.416 e. The molecule has 4 nitrogen and oxygen atoms in total. The van der Waals surface area contributed by atoms with Crippen LogP contribution in [0.25, 0.3) is 10.9 Å². The summed E-state index contributed by atoms with van der Waals surface area (Å²) in [5, 5.41) is 5.21. The van der Waals surface area contributed by atoms with Gasteiger partial charge in [-0.25, -0.2) is 0 Å². The van der Waals surface area contributed by atoms with E-state index in [1.165, 1.54) is 6.07 Å². The summed E-state index contributed by atoms with van der Waals surface area (Å²) in [7, 11) is 1.80. The first-order valence-electron chi connectivity index (χ1n) is 9.64. The summed E-state index contributed by atoms with van der Waals surface area (Å²) in [5.41, 5.74) is 2.08. The van der Waals surface area contributed by atoms with Gasteiger partial charge in [0, 0.05) is 25.5 Å². The van der Waals surface area contributed by atoms with Crippen LogP contribution in [-0.4, -0.2) is 33.7 Å². The number of carbonyl (C=O) groups is 1. The van der Waals surface area contributed by atoms with E-state index in [1.54, 1.807) is 28.8 Å². The number of hydrogen-bond donors (Lipinski definition) is 0. The van der Waals surface area contributed by atoms with Crippen LogP contribution in [0, 0.1) is 6.92 Å². The smallest absolute Gasteiger partial charge is 0.337 e. The van der Waals surface area contributed by atoms with Gasteiger partial charge in [0.2, 0.25) is 0 Å². The number of aromatic nitrogens is 2. The number of piperidine rings is 1. The van der Waals surface area contributed by atoms with Crippen LogP contribution in [-0.2, 0) is 13.2 Å². The Bertz CT molecular complexity index is 1060. The van der Waals surface area contributed by atoms with E-state index in [0.717, 1.165) is 22.5 Å². The van der Waals surface area contributed by atoms with Gasteiger partial charge in [0.1, 0.15) is 0 Å². The van der Waals surface area contributed by atoms with Gasteiger partial charge in [-0.05, 0) is 49.4 Å². The van der Waals surface area contributed by atoms with Crippen LogP contribution in [0.4, 0.5) is 13.2 Å². The van der Waals surface area contributed by atoms with Crippen molar-refractivity contribution in [3.8, 4) is 0 Å². The van der Waals surface area contributed by atoms with Crippen LogP contribution >= 0.6 is 0 Å². The molecule has 29 heavy (non-hydrogen) atoms. The fourth-order valence-electron chi connectivity index (χ4n) is 4.19. The number of carbonyl (C=O) groups excluding carboxylic acids is 1. The minimum Gasteiger partial charge on any atom is -0.337 e. The zero-order valence-electron chi connectivity index (χ0n) is 16.3. The lowest BCUT2D eigenvalue weighted by molar-refractivity contribution is -0.138. The van der Waals surface area contributed by atoms with E-state index in [-0.39, 0.29) is 11.8 Å². The highest BCUT2D eigenvalue weighted by atomic mass is 19.4. The van der Waals surface area contributed by atoms with Crippen LogP contribution in [0.5, 0.6) is 0 Å². The Hall–Kier alpha value is -2.83. The molecule has 1 amide bonds. The monoisotopic (exact) mass is 401 g/mol. The topological polar surface area (TPSA) is 38.1 Å². The number of nitrogens with zero attached hydrogens (tertiary/aromatic N) is 3. The Kier molecular flexibility index (Phi) is 4.84. The number of halogens is 3. The second kappa shape index (κ2) is 7.21. The summed E-state index contributed by atoms with van der Waals surface area (Å²) in [6.07, 6.45) is -3.36. The van der Waals surface area contributed by atoms with Gasteiger partial charge < -0.3 is 4.90 Å². The summed E-state index contributed by atoms with van der Waals surface area (Å²) in [5.74, 6) is -0.372. The molecule has 1 aliphatic rings. The third-order valence-corrected chi connectivity index (χ3v) is 5.70. The van der Waals surface area contributed by atoms with E-state index in [2.05, 4.69) is 5.10 Å². The standard InChI is InChI=1S/C22H22F3N3O/c1-14-7-8-19-17(13-14)20(26-27(19)2)21(29)28-11-9-15(10-12-28)16-5-3-4-6-18(16)22(23,24)25/h3-8,13,15H,9-12H2,1-2H3. The molecule has 0 unspecified atom stereocenters. The maximum absolute atomic E-state index is 13.3. The van der Waals surface area contributed by atoms with Crippen molar-refractivity contribution in [2.24, 2.45) is 7.05 Å². The summed E-state index contributed by atoms with van der Waals surface area (Å²) in [6.45, 7) is 2.80. The zero-order chi connectivity index (χ0) is 20.8. The van der Waals surface area contributed by atoms with Crippen LogP contribution in [0.2, 0.25) is 0 Å². The third kappa shape index (κ3) is 3.61. The first kappa shape index (κ1) is 19.5. The van der Waals surface area contributed by atoms with Gasteiger partial charge in [0.25, 0.3) is 5.91 Å². The average Bonchev–Trinajstić information content (AvgIpc) is 3.02. The van der Waals surface area contributed by atoms with Crippen molar-refractivity contribution in [2.45, 2.75) is 31.9 Å². The number of fused-ring (bicyclic) bond motifs is 1. The molecule has 0 N–H and O–H groups in total. The second-order valence-electron chi connectivity index (χ2n) is 7.64. The van der Waals surface area contributed by atoms with Crippen LogP contribution in [0.15, 0.2) is 42.5 Å². The molecule has 4 rings (SSSR count). The molecule has 1 aromatic heterocycles. The van der Waals surface area contributed by atoms with Gasteiger partial charge in [-0.2, -0.15) is 18.3 Å². The molecule has 0 atom stereocenters. The molecule has 0 spiro atoms. The minimum absolute atomic E-state index is 0.163. The number of aryl methyl sites for hydroxylation is 2. The molecule has 152 valence electrons. The van der Waals surface area contributed by atoms with E-state index in [1.807, 2.05) is 25.1 Å². The molecule has 2 heterocycles. The van der Waals surface area contributed by atoms with E-state index in [4.69, 9.17) is 0 Å². The molecule has 0 saturated carbocycles. The molecule has 1 aliphatic heterocycles. The molecule has 1 fully saturated rings. The van der Waals surface area contributed by atoms with Crippen LogP contribution < -0.4 is 0 Å². The second-order valence-corrected chi connectivity index (χ2v) is 7.64. The van der Waals surface area contributed by atoms with Crippen LogP contribution in [0.3, 0.4) is 0 Å². The molecule has 0 bridgehead atoms. The van der Waals surface area contributed by atoms with Gasteiger partial charge in [0.05, 0.1) is 11.1 Å². The molecular formula is C22H22F3N3O. The number of amides is 1. The van der Waals surface area contributed by atoms with Crippen molar-refractivity contribution in [3.05, 3.63) is 64.8 Å². The Morgan fingerprint density at radius 2 is 1.79 bits per heavy atom. The minimum atomic E-state index is -4.37. The van der Waals surface area contributed by atoms with Crippen molar-refractivity contribution in [1.82, 2.24) is 14.7 Å². The quantitative estimate of drug-likeness (QED) is 0.611. The van der Waals surface area contributed by atoms with Crippen molar-refractivity contribution in [3.63, 3.8) is 0 Å². The Labute approximate surface area is 166 Å². The lowest BCUT2D eigenvalue weighted by Gasteiger charge is -2.33. The van der Waals surface area contributed by atoms with Gasteiger partial charge in [0.15, 0.2) is 5.69 Å². The Balaban J connectivity index is 1.54. The molecule has 2 aromatic carbocycles. The zero-order valence-corrected chi connectivity index (χ0v) is 16.3. The summed E-state index contributed by atoms with van der Waals surface area (Å²) in [4.78, 5) is 14.8. The van der Waals surface area contributed by atoms with Crippen molar-refractivity contribution >= 4 is 16.8 Å². The lowest BCUT2D eigenvalue weighted by atomic mass is 9.86. The highest BCUT2D eigenvalue weighted by Crippen LogP contribution is 2.38. The number of alkyl halides is 3. The SMILES string of the molecule is Cc1ccc2c(c1)c(C(=O)N1CCC(c3ccccc3C(F)(F)F)CC1)nn2C. The van der Waals surface area contributed by atoms with E-state index < -0.39 is 11.7 Å². The highest BCUT2D eigenvalue weighted by molar-refractivity contribution is 6.05. The maximum atomic E-state index is 13.3. The molecule has 0 aliphatic carbocycles. The number of benzene rings is 2. The van der Waals surface area contributed by atoms with Gasteiger partial charge in [-0.3, -0.25) is 9.48 Å². The number of rotatable bonds is 2. The van der Waals surface area contributed by atoms with Crippen molar-refractivity contribution in [1.29, 1.82) is 0 Å². The summed E-state index contributed by atoms with van der Waals surface area (Å²) < 4.78 is 41.7. The van der Waals surface area contributed by atoms with E-state index in [0.29, 0.717) is 37.2 Å². The molecular weight excluding hydrogens is 379 g/mol. The number of likely N-dealkylation sites (tertiary alicyclic amines) is 1. The molecule has 3 aromatic rings. The first-order chi connectivity index (χ1) is 13.8. The molecule has 1 saturated heterocycles. The predicted octanol–water partition coefficient (Wildman–Crippen LogP) is 4.92. The highest BCUT2D eigenvalue weighted by Gasteiger charge is 2.36. The number of hydrogen-bond acceptors (Lipinski definition) is 2. The van der Waals surface area contributed by atoms with Crippen molar-refractivity contribution < 1.29 is 18.0 Å². The van der Waals surface area contributed by atoms with Crippen molar-refractivity contribution in [2.75, 3.05) is 13.1 Å². The van der Waals surface area contributed by atoms with Gasteiger partial charge in [-0.1, -0.05) is 29.8 Å². The average molecular weight is 401 g/mol. The predicted molar refractivity (Wildman–Crippen MR) is 105 cm³/mol. The van der Waals surface area contributed by atoms with Crippen LogP contribution in [0.1, 0.15) is 45.9 Å². The summed E-state index contributed by atoms with van der Waals surface area (Å²) >= 11 is 0. The van der Waals surface area contributed by atoms with Gasteiger partial charge in [-0.15, -0.1) is 0 Å². The first-order valence-corrected chi connectivity index (χ1v) is 9.64. The Morgan fingerprint density at radius 3 is 2.48 bits per heavy atom. The largest absolute Gasteiger partial charge is 0.416 e. The Morgan fingerprint density at radius 1 is 1.10 bits per heavy atom. The normalized spacial score (nSPS) is 15.8. The molecule has 7 heteroatoms. The van der Waals surface area contributed by atoms with Gasteiger partial charge >= 0.3 is 6.18 Å².